The van der Waals surface area contributed by atoms with Gasteiger partial charge in [-0.3, -0.25) is 4.52 Å². The number of fused-ring (bicyclic) bond motifs is 3. The molecule has 2 aliphatic heterocycles. The first-order valence-electron chi connectivity index (χ1n) is 8.98. The van der Waals surface area contributed by atoms with Gasteiger partial charge in [-0.05, 0) is 38.0 Å². The Balaban J connectivity index is 1.43. The minimum atomic E-state index is -3.47. The lowest BCUT2D eigenvalue weighted by Crippen LogP contribution is -2.39. The van der Waals surface area contributed by atoms with Crippen LogP contribution < -0.4 is 0 Å². The second-order valence-electron chi connectivity index (χ2n) is 6.78. The first kappa shape index (κ1) is 17.0. The summed E-state index contributed by atoms with van der Waals surface area (Å²) >= 11 is 0. The summed E-state index contributed by atoms with van der Waals surface area (Å²) in [5, 5.41) is 0. The van der Waals surface area contributed by atoms with Crippen LogP contribution in [0.15, 0.2) is 30.6 Å². The maximum absolute atomic E-state index is 12.0. The highest BCUT2D eigenvalue weighted by Gasteiger charge is 2.57. The average molecular weight is 386 g/mol. The smallest absolute Gasteiger partial charge is 0.328 e. The zero-order chi connectivity index (χ0) is 18.6. The Morgan fingerprint density at radius 2 is 2.04 bits per heavy atom. The first-order valence-corrected chi connectivity index (χ1v) is 10.4. The van der Waals surface area contributed by atoms with Gasteiger partial charge in [-0.1, -0.05) is 6.07 Å². The number of hydrogen-bond donors (Lipinski definition) is 0. The highest BCUT2D eigenvalue weighted by molar-refractivity contribution is 7.49. The first-order chi connectivity index (χ1) is 13.0. The van der Waals surface area contributed by atoms with Crippen LogP contribution in [0.25, 0.3) is 22.2 Å². The number of phosphoric acid groups is 1. The third-order valence-electron chi connectivity index (χ3n) is 4.86. The average Bonchev–Trinajstić information content (AvgIpc) is 3.21. The zero-order valence-electron chi connectivity index (χ0n) is 15.1. The Morgan fingerprint density at radius 1 is 1.26 bits per heavy atom. The lowest BCUT2D eigenvalue weighted by Gasteiger charge is -2.40. The summed E-state index contributed by atoms with van der Waals surface area (Å²) in [6.07, 6.45) is 5.61. The summed E-state index contributed by atoms with van der Waals surface area (Å²) in [5.74, 6) is 0.211. The lowest BCUT2D eigenvalue weighted by molar-refractivity contribution is -0.222. The molecule has 0 aliphatic carbocycles. The maximum atomic E-state index is 12.0. The van der Waals surface area contributed by atoms with Gasteiger partial charge in [-0.2, -0.15) is 0 Å². The number of benzene rings is 1. The number of hydrogen-bond acceptors (Lipinski definition) is 7. The van der Waals surface area contributed by atoms with Crippen LogP contribution in [0.4, 0.5) is 0 Å². The van der Waals surface area contributed by atoms with Crippen molar-refractivity contribution in [3.8, 4) is 11.1 Å². The predicted octanol–water partition coefficient (Wildman–Crippen LogP) is 3.80. The highest BCUT2D eigenvalue weighted by Crippen LogP contribution is 2.67. The van der Waals surface area contributed by atoms with Crippen molar-refractivity contribution in [2.45, 2.75) is 39.0 Å². The molecule has 0 atom stereocenters. The molecular weight excluding hydrogens is 367 g/mol. The summed E-state index contributed by atoms with van der Waals surface area (Å²) in [4.78, 5) is 13.4. The van der Waals surface area contributed by atoms with Gasteiger partial charge in [0.25, 0.3) is 0 Å². The number of rotatable bonds is 4. The molecule has 2 aliphatic rings. The fourth-order valence-corrected chi connectivity index (χ4v) is 5.08. The highest BCUT2D eigenvalue weighted by atomic mass is 31.2. The van der Waals surface area contributed by atoms with Crippen molar-refractivity contribution in [3.63, 3.8) is 0 Å². The van der Waals surface area contributed by atoms with Crippen LogP contribution >= 0.6 is 7.82 Å². The normalized spacial score (nSPS) is 26.9. The topological polar surface area (TPSA) is 88.4 Å². The predicted molar refractivity (Wildman–Crippen MR) is 97.8 cm³/mol. The quantitative estimate of drug-likeness (QED) is 0.630. The minimum Gasteiger partial charge on any atom is -0.328 e. The van der Waals surface area contributed by atoms with Crippen LogP contribution in [-0.4, -0.2) is 26.1 Å². The molecule has 8 nitrogen and oxygen atoms in total. The largest absolute Gasteiger partial charge is 0.480 e. The molecule has 1 fully saturated rings. The Labute approximate surface area is 156 Å². The number of aromatic nitrogens is 4. The van der Waals surface area contributed by atoms with Crippen molar-refractivity contribution in [2.75, 3.05) is 6.61 Å². The van der Waals surface area contributed by atoms with Crippen molar-refractivity contribution in [1.82, 2.24) is 19.5 Å². The minimum absolute atomic E-state index is 0.244. The van der Waals surface area contributed by atoms with E-state index in [1.807, 2.05) is 12.1 Å². The van der Waals surface area contributed by atoms with Crippen LogP contribution in [0.3, 0.4) is 0 Å². The van der Waals surface area contributed by atoms with Gasteiger partial charge in [0.15, 0.2) is 5.82 Å². The Bertz CT molecular complexity index is 1070. The summed E-state index contributed by atoms with van der Waals surface area (Å²) in [7, 11) is -3.47. The molecule has 0 saturated carbocycles. The van der Waals surface area contributed by atoms with Gasteiger partial charge in [0, 0.05) is 30.9 Å². The van der Waals surface area contributed by atoms with E-state index in [0.717, 1.165) is 47.4 Å². The van der Waals surface area contributed by atoms with Crippen molar-refractivity contribution in [3.05, 3.63) is 42.2 Å². The second-order valence-corrected chi connectivity index (χ2v) is 8.29. The monoisotopic (exact) mass is 386 g/mol. The van der Waals surface area contributed by atoms with Crippen molar-refractivity contribution >= 4 is 18.9 Å². The van der Waals surface area contributed by atoms with E-state index >= 15 is 0 Å². The van der Waals surface area contributed by atoms with E-state index in [-0.39, 0.29) is 6.61 Å². The van der Waals surface area contributed by atoms with Gasteiger partial charge in [-0.25, -0.2) is 28.6 Å². The van der Waals surface area contributed by atoms with E-state index in [1.54, 1.807) is 26.2 Å². The standard InChI is InChI=1S/C18H19N4O4P/c1-3-24-27(23)25-18(2,26-27)17-19-10-13(11-20-17)12-6-7-14-15(9-12)22-8-4-5-16(22)21-14/h6-7,9-11H,3-5,8H2,1-2H3. The summed E-state index contributed by atoms with van der Waals surface area (Å²) < 4.78 is 30.0. The van der Waals surface area contributed by atoms with Gasteiger partial charge in [0.1, 0.15) is 5.82 Å². The van der Waals surface area contributed by atoms with Crippen LogP contribution in [-0.2, 0) is 36.9 Å². The third kappa shape index (κ3) is 2.72. The number of aryl methyl sites for hydroxylation is 2. The second kappa shape index (κ2) is 5.94. The van der Waals surface area contributed by atoms with Gasteiger partial charge >= 0.3 is 7.82 Å². The summed E-state index contributed by atoms with van der Waals surface area (Å²) in [6, 6.07) is 6.17. The molecule has 0 bridgehead atoms. The SMILES string of the molecule is CCOP1(=O)OC(C)(c2ncc(-c3ccc4nc5n(c4c3)CCC5)cn2)O1. The summed E-state index contributed by atoms with van der Waals surface area (Å²) in [6.45, 7) is 4.60. The maximum Gasteiger partial charge on any atom is 0.480 e. The molecule has 3 aromatic rings. The molecule has 0 unspecified atom stereocenters. The molecule has 1 saturated heterocycles. The van der Waals surface area contributed by atoms with Crippen molar-refractivity contribution < 1.29 is 18.1 Å². The molecule has 0 radical (unpaired) electrons. The number of nitrogens with zero attached hydrogens (tertiary/aromatic N) is 4. The molecule has 140 valence electrons. The van der Waals surface area contributed by atoms with Gasteiger partial charge in [-0.15, -0.1) is 0 Å². The Hall–Kier alpha value is -2.12. The number of phosphoric ester groups is 1. The van der Waals surface area contributed by atoms with Gasteiger partial charge in [0.05, 0.1) is 17.6 Å². The van der Waals surface area contributed by atoms with E-state index in [9.17, 15) is 4.57 Å². The van der Waals surface area contributed by atoms with E-state index < -0.39 is 13.6 Å². The summed E-state index contributed by atoms with van der Waals surface area (Å²) in [5.41, 5.74) is 4.05. The van der Waals surface area contributed by atoms with Crippen molar-refractivity contribution in [2.24, 2.45) is 0 Å². The third-order valence-corrected chi connectivity index (χ3v) is 6.58. The molecule has 4 heterocycles. The number of imidazole rings is 1. The molecule has 0 spiro atoms. The van der Waals surface area contributed by atoms with E-state index in [0.29, 0.717) is 5.82 Å². The van der Waals surface area contributed by atoms with Crippen LogP contribution in [0.2, 0.25) is 0 Å². The van der Waals surface area contributed by atoms with Crippen LogP contribution in [0, 0.1) is 0 Å². The molecule has 0 amide bonds. The molecule has 9 heteroatoms. The molecule has 1 aromatic carbocycles. The molecule has 2 aromatic heterocycles. The Kier molecular flexibility index (Phi) is 3.74. The Morgan fingerprint density at radius 3 is 2.78 bits per heavy atom. The molecule has 27 heavy (non-hydrogen) atoms. The van der Waals surface area contributed by atoms with Crippen molar-refractivity contribution in [1.29, 1.82) is 0 Å². The van der Waals surface area contributed by atoms with E-state index in [2.05, 4.69) is 25.6 Å². The molecule has 0 N–H and O–H groups in total. The van der Waals surface area contributed by atoms with Crippen LogP contribution in [0.1, 0.15) is 31.9 Å². The van der Waals surface area contributed by atoms with Gasteiger partial charge in [0.2, 0.25) is 5.79 Å². The molecule has 5 rings (SSSR count). The van der Waals surface area contributed by atoms with Gasteiger partial charge < -0.3 is 4.57 Å². The van der Waals surface area contributed by atoms with E-state index in [4.69, 9.17) is 13.6 Å². The fourth-order valence-electron chi connectivity index (χ4n) is 3.63. The van der Waals surface area contributed by atoms with Crippen LogP contribution in [0.5, 0.6) is 0 Å². The fraction of sp³-hybridized carbons (Fsp3) is 0.389. The van der Waals surface area contributed by atoms with E-state index in [1.165, 1.54) is 0 Å². The molecular formula is C18H19N4O4P. The lowest BCUT2D eigenvalue weighted by atomic mass is 10.1. The zero-order valence-corrected chi connectivity index (χ0v) is 16.0.